The van der Waals surface area contributed by atoms with Crippen molar-refractivity contribution in [3.63, 3.8) is 0 Å². The van der Waals surface area contributed by atoms with E-state index in [1.807, 2.05) is 0 Å². The van der Waals surface area contributed by atoms with Crippen LogP contribution in [0.5, 0.6) is 0 Å². The standard InChI is InChI=1S/C19H32N2/c1-16(2)18(3,4)14-21-15-19(10-12-20-13-11-19)17-8-6-5-7-9-17/h5-9,16,20-21H,10-15H2,1-4H3. The summed E-state index contributed by atoms with van der Waals surface area (Å²) in [6, 6.07) is 11.1. The van der Waals surface area contributed by atoms with E-state index in [9.17, 15) is 0 Å². The van der Waals surface area contributed by atoms with Gasteiger partial charge >= 0.3 is 0 Å². The zero-order valence-corrected chi connectivity index (χ0v) is 14.2. The largest absolute Gasteiger partial charge is 0.317 e. The van der Waals surface area contributed by atoms with Crippen LogP contribution < -0.4 is 10.6 Å². The van der Waals surface area contributed by atoms with Gasteiger partial charge in [-0.05, 0) is 42.8 Å². The van der Waals surface area contributed by atoms with Gasteiger partial charge in [-0.3, -0.25) is 0 Å². The van der Waals surface area contributed by atoms with E-state index in [4.69, 9.17) is 0 Å². The van der Waals surface area contributed by atoms with Crippen molar-refractivity contribution in [3.05, 3.63) is 35.9 Å². The van der Waals surface area contributed by atoms with E-state index in [-0.39, 0.29) is 0 Å². The van der Waals surface area contributed by atoms with Crippen molar-refractivity contribution in [2.24, 2.45) is 11.3 Å². The van der Waals surface area contributed by atoms with Gasteiger partial charge in [0, 0.05) is 18.5 Å². The molecular weight excluding hydrogens is 256 g/mol. The molecule has 2 rings (SSSR count). The number of benzene rings is 1. The summed E-state index contributed by atoms with van der Waals surface area (Å²) in [5.74, 6) is 0.700. The Balaban J connectivity index is 2.04. The Hall–Kier alpha value is -0.860. The SMILES string of the molecule is CC(C)C(C)(C)CNCC1(c2ccccc2)CCNCC1. The molecule has 1 aliphatic rings. The van der Waals surface area contributed by atoms with Crippen LogP contribution in [-0.2, 0) is 5.41 Å². The second-order valence-electron chi connectivity index (χ2n) is 7.64. The Bertz CT molecular complexity index is 416. The first-order valence-corrected chi connectivity index (χ1v) is 8.43. The van der Waals surface area contributed by atoms with Crippen LogP contribution in [0.2, 0.25) is 0 Å². The second kappa shape index (κ2) is 6.93. The average molecular weight is 288 g/mol. The molecule has 0 aromatic heterocycles. The lowest BCUT2D eigenvalue weighted by molar-refractivity contribution is 0.217. The molecule has 1 fully saturated rings. The van der Waals surface area contributed by atoms with Crippen LogP contribution in [0.1, 0.15) is 46.1 Å². The van der Waals surface area contributed by atoms with Crippen LogP contribution in [0.15, 0.2) is 30.3 Å². The summed E-state index contributed by atoms with van der Waals surface area (Å²) in [6.07, 6.45) is 2.46. The van der Waals surface area contributed by atoms with Crippen LogP contribution in [0, 0.1) is 11.3 Å². The van der Waals surface area contributed by atoms with Gasteiger partial charge in [-0.15, -0.1) is 0 Å². The van der Waals surface area contributed by atoms with Crippen molar-refractivity contribution in [1.29, 1.82) is 0 Å². The summed E-state index contributed by atoms with van der Waals surface area (Å²) in [7, 11) is 0. The van der Waals surface area contributed by atoms with Crippen molar-refractivity contribution >= 4 is 0 Å². The second-order valence-corrected chi connectivity index (χ2v) is 7.64. The van der Waals surface area contributed by atoms with E-state index in [1.165, 1.54) is 18.4 Å². The first kappa shape index (κ1) is 16.5. The average Bonchev–Trinajstić information content (AvgIpc) is 2.49. The number of hydrogen-bond acceptors (Lipinski definition) is 2. The van der Waals surface area contributed by atoms with Gasteiger partial charge in [0.25, 0.3) is 0 Å². The number of rotatable bonds is 6. The lowest BCUT2D eigenvalue weighted by atomic mass is 9.72. The Kier molecular flexibility index (Phi) is 5.45. The summed E-state index contributed by atoms with van der Waals surface area (Å²) in [6.45, 7) is 13.8. The van der Waals surface area contributed by atoms with Crippen molar-refractivity contribution in [2.45, 2.75) is 46.0 Å². The molecule has 2 nitrogen and oxygen atoms in total. The molecule has 1 aromatic rings. The topological polar surface area (TPSA) is 24.1 Å². The number of piperidine rings is 1. The monoisotopic (exact) mass is 288 g/mol. The molecule has 0 bridgehead atoms. The molecule has 0 amide bonds. The molecule has 2 heteroatoms. The Morgan fingerprint density at radius 2 is 1.76 bits per heavy atom. The van der Waals surface area contributed by atoms with E-state index < -0.39 is 0 Å². The highest BCUT2D eigenvalue weighted by Gasteiger charge is 2.34. The fraction of sp³-hybridized carbons (Fsp3) is 0.684. The molecule has 1 saturated heterocycles. The Morgan fingerprint density at radius 1 is 1.14 bits per heavy atom. The van der Waals surface area contributed by atoms with Crippen molar-refractivity contribution in [3.8, 4) is 0 Å². The van der Waals surface area contributed by atoms with Crippen molar-refractivity contribution < 1.29 is 0 Å². The molecule has 0 spiro atoms. The van der Waals surface area contributed by atoms with Gasteiger partial charge in [0.2, 0.25) is 0 Å². The molecule has 0 saturated carbocycles. The third-order valence-corrected chi connectivity index (χ3v) is 5.55. The van der Waals surface area contributed by atoms with Crippen LogP contribution >= 0.6 is 0 Å². The number of nitrogens with one attached hydrogen (secondary N) is 2. The summed E-state index contributed by atoms with van der Waals surface area (Å²) in [5, 5.41) is 7.29. The Labute approximate surface area is 130 Å². The minimum atomic E-state index is 0.305. The normalized spacial score (nSPS) is 18.9. The highest BCUT2D eigenvalue weighted by Crippen LogP contribution is 2.33. The zero-order chi connectivity index (χ0) is 15.3. The molecule has 1 heterocycles. The first-order valence-electron chi connectivity index (χ1n) is 8.43. The quantitative estimate of drug-likeness (QED) is 0.836. The van der Waals surface area contributed by atoms with Gasteiger partial charge in [0.1, 0.15) is 0 Å². The maximum atomic E-state index is 3.79. The van der Waals surface area contributed by atoms with Gasteiger partial charge in [-0.25, -0.2) is 0 Å². The lowest BCUT2D eigenvalue weighted by Crippen LogP contribution is -2.48. The maximum absolute atomic E-state index is 3.79. The molecule has 2 N–H and O–H groups in total. The van der Waals surface area contributed by atoms with Crippen LogP contribution in [0.25, 0.3) is 0 Å². The zero-order valence-electron chi connectivity index (χ0n) is 14.2. The molecule has 0 aliphatic carbocycles. The van der Waals surface area contributed by atoms with E-state index in [0.717, 1.165) is 26.2 Å². The lowest BCUT2D eigenvalue weighted by Gasteiger charge is -2.40. The van der Waals surface area contributed by atoms with Crippen molar-refractivity contribution in [1.82, 2.24) is 10.6 Å². The molecule has 21 heavy (non-hydrogen) atoms. The van der Waals surface area contributed by atoms with E-state index in [1.54, 1.807) is 0 Å². The molecule has 1 aliphatic heterocycles. The summed E-state index contributed by atoms with van der Waals surface area (Å²) in [5.41, 5.74) is 2.16. The first-order chi connectivity index (χ1) is 9.96. The van der Waals surface area contributed by atoms with Gasteiger partial charge in [0.15, 0.2) is 0 Å². The van der Waals surface area contributed by atoms with Gasteiger partial charge in [-0.1, -0.05) is 58.0 Å². The van der Waals surface area contributed by atoms with Crippen molar-refractivity contribution in [2.75, 3.05) is 26.2 Å². The molecular formula is C19H32N2. The molecule has 118 valence electrons. The minimum Gasteiger partial charge on any atom is -0.317 e. The maximum Gasteiger partial charge on any atom is 0.0102 e. The highest BCUT2D eigenvalue weighted by molar-refractivity contribution is 5.27. The fourth-order valence-corrected chi connectivity index (χ4v) is 3.09. The van der Waals surface area contributed by atoms with Crippen LogP contribution in [0.4, 0.5) is 0 Å². The predicted molar refractivity (Wildman–Crippen MR) is 91.7 cm³/mol. The van der Waals surface area contributed by atoms with E-state index >= 15 is 0 Å². The van der Waals surface area contributed by atoms with E-state index in [2.05, 4.69) is 68.7 Å². The van der Waals surface area contributed by atoms with Gasteiger partial charge < -0.3 is 10.6 Å². The Morgan fingerprint density at radius 3 is 2.33 bits per heavy atom. The highest BCUT2D eigenvalue weighted by atomic mass is 14.9. The third-order valence-electron chi connectivity index (χ3n) is 5.55. The summed E-state index contributed by atoms with van der Waals surface area (Å²) >= 11 is 0. The van der Waals surface area contributed by atoms with E-state index in [0.29, 0.717) is 16.7 Å². The molecule has 1 aromatic carbocycles. The van der Waals surface area contributed by atoms with Crippen LogP contribution in [-0.4, -0.2) is 26.2 Å². The molecule has 0 unspecified atom stereocenters. The molecule has 0 atom stereocenters. The van der Waals surface area contributed by atoms with Gasteiger partial charge in [-0.2, -0.15) is 0 Å². The predicted octanol–water partition coefficient (Wildman–Crippen LogP) is 3.58. The summed E-state index contributed by atoms with van der Waals surface area (Å²) in [4.78, 5) is 0. The van der Waals surface area contributed by atoms with Gasteiger partial charge in [0.05, 0.1) is 0 Å². The summed E-state index contributed by atoms with van der Waals surface area (Å²) < 4.78 is 0. The fourth-order valence-electron chi connectivity index (χ4n) is 3.09. The van der Waals surface area contributed by atoms with Crippen LogP contribution in [0.3, 0.4) is 0 Å². The third kappa shape index (κ3) is 4.08. The smallest absolute Gasteiger partial charge is 0.0102 e. The number of hydrogen-bond donors (Lipinski definition) is 2. The molecule has 0 radical (unpaired) electrons. The minimum absolute atomic E-state index is 0.305.